The summed E-state index contributed by atoms with van der Waals surface area (Å²) in [7, 11) is 0. The van der Waals surface area contributed by atoms with Crippen molar-refractivity contribution in [2.75, 3.05) is 11.9 Å². The number of nitrogens with one attached hydrogen (secondary N) is 1. The second kappa shape index (κ2) is 9.21. The highest BCUT2D eigenvalue weighted by Crippen LogP contribution is 2.22. The van der Waals surface area contributed by atoms with Gasteiger partial charge in [-0.3, -0.25) is 4.79 Å². The number of halogens is 2. The molecule has 1 heterocycles. The summed E-state index contributed by atoms with van der Waals surface area (Å²) >= 11 is 11.6. The number of amides is 1. The Morgan fingerprint density at radius 3 is 2.29 bits per heavy atom. The Bertz CT molecular complexity index is 979. The molecule has 0 aliphatic carbocycles. The molecule has 0 fully saturated rings. The third kappa shape index (κ3) is 5.45. The van der Waals surface area contributed by atoms with Gasteiger partial charge in [0.2, 0.25) is 0 Å². The minimum atomic E-state index is -0.839. The van der Waals surface area contributed by atoms with E-state index < -0.39 is 18.5 Å². The molecule has 3 rings (SSSR count). The van der Waals surface area contributed by atoms with Gasteiger partial charge in [-0.25, -0.2) is 9.78 Å². The Hall–Kier alpha value is -3.09. The number of nitrogens with zero attached hydrogens (tertiary/aromatic N) is 1. The second-order valence-electron chi connectivity index (χ2n) is 5.53. The maximum absolute atomic E-state index is 12.0. The molecule has 0 unspecified atom stereocenters. The van der Waals surface area contributed by atoms with E-state index in [-0.39, 0.29) is 15.9 Å². The van der Waals surface area contributed by atoms with E-state index in [1.54, 1.807) is 24.3 Å². The number of ether oxygens (including phenoxy) is 2. The van der Waals surface area contributed by atoms with Gasteiger partial charge in [0.1, 0.15) is 16.7 Å². The number of benzene rings is 2. The molecule has 0 spiro atoms. The first-order chi connectivity index (χ1) is 13.5. The average molecular weight is 417 g/mol. The van der Waals surface area contributed by atoms with Gasteiger partial charge in [-0.2, -0.15) is 0 Å². The molecule has 1 aromatic heterocycles. The highest BCUT2D eigenvalue weighted by atomic mass is 35.5. The van der Waals surface area contributed by atoms with Crippen LogP contribution in [0.3, 0.4) is 0 Å². The van der Waals surface area contributed by atoms with Gasteiger partial charge >= 0.3 is 5.97 Å². The van der Waals surface area contributed by atoms with Crippen molar-refractivity contribution in [1.82, 2.24) is 4.98 Å². The molecular weight excluding hydrogens is 403 g/mol. The van der Waals surface area contributed by atoms with Crippen LogP contribution in [0.1, 0.15) is 10.5 Å². The normalized spacial score (nSPS) is 10.2. The maximum Gasteiger partial charge on any atom is 0.359 e. The zero-order valence-corrected chi connectivity index (χ0v) is 15.9. The van der Waals surface area contributed by atoms with Crippen LogP contribution in [0.25, 0.3) is 0 Å². The van der Waals surface area contributed by atoms with E-state index in [9.17, 15) is 9.59 Å². The van der Waals surface area contributed by atoms with E-state index >= 15 is 0 Å². The lowest BCUT2D eigenvalue weighted by molar-refractivity contribution is -0.119. The topological polar surface area (TPSA) is 77.5 Å². The molecule has 0 saturated heterocycles. The van der Waals surface area contributed by atoms with Gasteiger partial charge in [-0.1, -0.05) is 41.4 Å². The van der Waals surface area contributed by atoms with Crippen molar-refractivity contribution >= 4 is 40.8 Å². The lowest BCUT2D eigenvalue weighted by Gasteiger charge is -2.09. The van der Waals surface area contributed by atoms with Crippen LogP contribution in [-0.4, -0.2) is 23.5 Å². The average Bonchev–Trinajstić information content (AvgIpc) is 2.70. The summed E-state index contributed by atoms with van der Waals surface area (Å²) in [5.74, 6) is -0.0192. The number of aromatic nitrogens is 1. The predicted octanol–water partition coefficient (Wildman–Crippen LogP) is 4.98. The van der Waals surface area contributed by atoms with Crippen molar-refractivity contribution in [2.45, 2.75) is 0 Å². The van der Waals surface area contributed by atoms with E-state index in [1.165, 1.54) is 12.1 Å². The van der Waals surface area contributed by atoms with Crippen LogP contribution in [0.15, 0.2) is 66.7 Å². The summed E-state index contributed by atoms with van der Waals surface area (Å²) < 4.78 is 10.6. The molecular formula is C20H14Cl2N2O4. The Balaban J connectivity index is 1.52. The van der Waals surface area contributed by atoms with Gasteiger partial charge in [0.25, 0.3) is 5.91 Å². The third-order valence-corrected chi connectivity index (χ3v) is 3.97. The van der Waals surface area contributed by atoms with Crippen LogP contribution >= 0.6 is 23.2 Å². The highest BCUT2D eigenvalue weighted by Gasteiger charge is 2.16. The van der Waals surface area contributed by atoms with Crippen LogP contribution in [0, 0.1) is 0 Å². The predicted molar refractivity (Wildman–Crippen MR) is 106 cm³/mol. The molecule has 3 aromatic rings. The maximum atomic E-state index is 12.0. The molecule has 6 nitrogen and oxygen atoms in total. The molecule has 28 heavy (non-hydrogen) atoms. The number of para-hydroxylation sites is 1. The van der Waals surface area contributed by atoms with Crippen molar-refractivity contribution in [3.05, 3.63) is 82.6 Å². The summed E-state index contributed by atoms with van der Waals surface area (Å²) in [5.41, 5.74) is 0.379. The number of hydrogen-bond acceptors (Lipinski definition) is 5. The summed E-state index contributed by atoms with van der Waals surface area (Å²) in [6.07, 6.45) is 0. The molecule has 142 valence electrons. The zero-order valence-electron chi connectivity index (χ0n) is 14.4. The summed E-state index contributed by atoms with van der Waals surface area (Å²) in [6, 6.07) is 19.0. The van der Waals surface area contributed by atoms with Crippen LogP contribution < -0.4 is 10.1 Å². The van der Waals surface area contributed by atoms with E-state index in [4.69, 9.17) is 32.7 Å². The van der Waals surface area contributed by atoms with Crippen LogP contribution in [0.2, 0.25) is 10.2 Å². The Labute approximate surface area is 171 Å². The van der Waals surface area contributed by atoms with Crippen molar-refractivity contribution < 1.29 is 19.1 Å². The number of pyridine rings is 1. The fraction of sp³-hybridized carbons (Fsp3) is 0.0500. The van der Waals surface area contributed by atoms with Gasteiger partial charge in [0.05, 0.1) is 5.02 Å². The van der Waals surface area contributed by atoms with E-state index in [2.05, 4.69) is 10.3 Å². The van der Waals surface area contributed by atoms with Gasteiger partial charge in [-0.15, -0.1) is 0 Å². The van der Waals surface area contributed by atoms with E-state index in [1.807, 2.05) is 30.3 Å². The molecule has 2 aromatic carbocycles. The lowest BCUT2D eigenvalue weighted by Crippen LogP contribution is -2.21. The Kier molecular flexibility index (Phi) is 6.47. The molecule has 1 amide bonds. The Morgan fingerprint density at radius 1 is 0.893 bits per heavy atom. The first-order valence-electron chi connectivity index (χ1n) is 8.13. The summed E-state index contributed by atoms with van der Waals surface area (Å²) in [5, 5.41) is 2.80. The molecule has 0 aliphatic heterocycles. The molecule has 0 bridgehead atoms. The van der Waals surface area contributed by atoms with Crippen molar-refractivity contribution in [2.24, 2.45) is 0 Å². The summed E-state index contributed by atoms with van der Waals surface area (Å²) in [4.78, 5) is 27.7. The number of hydrogen-bond donors (Lipinski definition) is 1. The number of carbonyl (C=O) groups is 2. The number of carbonyl (C=O) groups excluding carboxylic acids is 2. The first kappa shape index (κ1) is 19.7. The third-order valence-electron chi connectivity index (χ3n) is 3.46. The minimum absolute atomic E-state index is 0.0869. The first-order valence-corrected chi connectivity index (χ1v) is 8.89. The largest absolute Gasteiger partial charge is 0.457 e. The summed E-state index contributed by atoms with van der Waals surface area (Å²) in [6.45, 7) is -0.494. The SMILES string of the molecule is O=C(COC(=O)c1nc(Cl)ccc1Cl)Nc1ccc(Oc2ccccc2)cc1. The standard InChI is InChI=1S/C20H14Cl2N2O4/c21-16-10-11-17(22)24-19(16)20(26)27-12-18(25)23-13-6-8-15(9-7-13)28-14-4-2-1-3-5-14/h1-11H,12H2,(H,23,25). The lowest BCUT2D eigenvalue weighted by atomic mass is 10.3. The van der Waals surface area contributed by atoms with Crippen molar-refractivity contribution in [3.63, 3.8) is 0 Å². The number of anilines is 1. The Morgan fingerprint density at radius 2 is 1.57 bits per heavy atom. The number of esters is 1. The quantitative estimate of drug-likeness (QED) is 0.452. The van der Waals surface area contributed by atoms with Gasteiger partial charge in [-0.05, 0) is 48.5 Å². The highest BCUT2D eigenvalue weighted by molar-refractivity contribution is 6.34. The van der Waals surface area contributed by atoms with Crippen molar-refractivity contribution in [1.29, 1.82) is 0 Å². The van der Waals surface area contributed by atoms with E-state index in [0.29, 0.717) is 17.2 Å². The van der Waals surface area contributed by atoms with Gasteiger partial charge < -0.3 is 14.8 Å². The molecule has 0 radical (unpaired) electrons. The molecule has 1 N–H and O–H groups in total. The molecule has 0 atom stereocenters. The fourth-order valence-corrected chi connectivity index (χ4v) is 2.52. The molecule has 0 aliphatic rings. The van der Waals surface area contributed by atoms with E-state index in [0.717, 1.165) is 0 Å². The second-order valence-corrected chi connectivity index (χ2v) is 6.32. The monoisotopic (exact) mass is 416 g/mol. The minimum Gasteiger partial charge on any atom is -0.457 e. The van der Waals surface area contributed by atoms with Crippen LogP contribution in [0.5, 0.6) is 11.5 Å². The van der Waals surface area contributed by atoms with Crippen molar-refractivity contribution in [3.8, 4) is 11.5 Å². The molecule has 0 saturated carbocycles. The molecule has 8 heteroatoms. The number of rotatable bonds is 6. The van der Waals surface area contributed by atoms with Gasteiger partial charge in [0, 0.05) is 5.69 Å². The fourth-order valence-electron chi connectivity index (χ4n) is 2.19. The van der Waals surface area contributed by atoms with Crippen LogP contribution in [-0.2, 0) is 9.53 Å². The smallest absolute Gasteiger partial charge is 0.359 e. The van der Waals surface area contributed by atoms with Gasteiger partial charge in [0.15, 0.2) is 12.3 Å². The van der Waals surface area contributed by atoms with Crippen LogP contribution in [0.4, 0.5) is 5.69 Å². The zero-order chi connectivity index (χ0) is 19.9.